The Morgan fingerprint density at radius 3 is 2.52 bits per heavy atom. The Labute approximate surface area is 172 Å². The minimum Gasteiger partial charge on any atom is -0.479 e. The van der Waals surface area contributed by atoms with Crippen LogP contribution in [0.25, 0.3) is 10.8 Å². The summed E-state index contributed by atoms with van der Waals surface area (Å²) in [4.78, 5) is 12.3. The summed E-state index contributed by atoms with van der Waals surface area (Å²) in [5, 5.41) is 8.83. The summed E-state index contributed by atoms with van der Waals surface area (Å²) in [5.74, 6) is -0.0172. The van der Waals surface area contributed by atoms with Crippen molar-refractivity contribution in [1.29, 1.82) is 0 Å². The number of hydrogen-bond donors (Lipinski definition) is 2. The highest BCUT2D eigenvalue weighted by Gasteiger charge is 2.17. The van der Waals surface area contributed by atoms with Crippen LogP contribution in [0.3, 0.4) is 0 Å². The van der Waals surface area contributed by atoms with Crippen LogP contribution in [0.2, 0.25) is 10.0 Å². The summed E-state index contributed by atoms with van der Waals surface area (Å²) in [6, 6.07) is 18.6. The molecule has 0 fully saturated rings. The SMILES string of the molecule is CC(Oc1ccc(Cl)cc1Cl)C(=O)NC(=S)Nc1ccc2ccccc2c1. The van der Waals surface area contributed by atoms with E-state index in [4.69, 9.17) is 40.2 Å². The van der Waals surface area contributed by atoms with Crippen LogP contribution in [0.15, 0.2) is 60.7 Å². The van der Waals surface area contributed by atoms with Crippen molar-refractivity contribution in [3.05, 3.63) is 70.7 Å². The predicted molar refractivity (Wildman–Crippen MR) is 115 cm³/mol. The lowest BCUT2D eigenvalue weighted by atomic mass is 10.1. The molecule has 1 unspecified atom stereocenters. The van der Waals surface area contributed by atoms with E-state index < -0.39 is 6.10 Å². The minimum atomic E-state index is -0.792. The summed E-state index contributed by atoms with van der Waals surface area (Å²) in [7, 11) is 0. The van der Waals surface area contributed by atoms with E-state index in [1.54, 1.807) is 25.1 Å². The Hall–Kier alpha value is -2.34. The molecule has 0 saturated heterocycles. The van der Waals surface area contributed by atoms with E-state index in [-0.39, 0.29) is 11.0 Å². The van der Waals surface area contributed by atoms with Gasteiger partial charge in [-0.3, -0.25) is 10.1 Å². The van der Waals surface area contributed by atoms with Gasteiger partial charge in [-0.05, 0) is 60.2 Å². The molecule has 1 amide bonds. The first kappa shape index (κ1) is 19.4. The maximum absolute atomic E-state index is 12.3. The summed E-state index contributed by atoms with van der Waals surface area (Å²) in [5.41, 5.74) is 0.785. The van der Waals surface area contributed by atoms with Gasteiger partial charge in [0.2, 0.25) is 0 Å². The standard InChI is InChI=1S/C20H16Cl2N2O2S/c1-12(26-18-9-7-15(21)11-17(18)22)19(25)24-20(27)23-16-8-6-13-4-2-3-5-14(13)10-16/h2-12H,1H3,(H2,23,24,25,27). The zero-order chi connectivity index (χ0) is 19.4. The second-order valence-corrected chi connectivity index (χ2v) is 7.09. The van der Waals surface area contributed by atoms with Crippen molar-refractivity contribution in [1.82, 2.24) is 5.32 Å². The Bertz CT molecular complexity index is 1010. The Kier molecular flexibility index (Phi) is 6.16. The number of carbonyl (C=O) groups is 1. The van der Waals surface area contributed by atoms with Crippen molar-refractivity contribution >= 4 is 62.9 Å². The normalized spacial score (nSPS) is 11.7. The molecule has 7 heteroatoms. The fraction of sp³-hybridized carbons (Fsp3) is 0.100. The monoisotopic (exact) mass is 418 g/mol. The first-order chi connectivity index (χ1) is 12.9. The number of amides is 1. The minimum absolute atomic E-state index is 0.188. The molecule has 0 radical (unpaired) electrons. The van der Waals surface area contributed by atoms with Crippen molar-refractivity contribution in [3.8, 4) is 5.75 Å². The van der Waals surface area contributed by atoms with Crippen LogP contribution in [0.4, 0.5) is 5.69 Å². The van der Waals surface area contributed by atoms with Crippen molar-refractivity contribution in [2.45, 2.75) is 13.0 Å². The molecule has 0 aliphatic heterocycles. The zero-order valence-electron chi connectivity index (χ0n) is 14.3. The Morgan fingerprint density at radius 1 is 1.04 bits per heavy atom. The zero-order valence-corrected chi connectivity index (χ0v) is 16.7. The van der Waals surface area contributed by atoms with Gasteiger partial charge in [0, 0.05) is 10.7 Å². The van der Waals surface area contributed by atoms with Crippen molar-refractivity contribution < 1.29 is 9.53 Å². The fourth-order valence-electron chi connectivity index (χ4n) is 2.46. The number of ether oxygens (including phenoxy) is 1. The molecular formula is C20H16Cl2N2O2S. The van der Waals surface area contributed by atoms with Crippen LogP contribution < -0.4 is 15.4 Å². The number of hydrogen-bond acceptors (Lipinski definition) is 3. The number of fused-ring (bicyclic) bond motifs is 1. The molecule has 3 rings (SSSR count). The van der Waals surface area contributed by atoms with Crippen molar-refractivity contribution in [2.75, 3.05) is 5.32 Å². The number of thiocarbonyl (C=S) groups is 1. The van der Waals surface area contributed by atoms with Crippen molar-refractivity contribution in [2.24, 2.45) is 0 Å². The van der Waals surface area contributed by atoms with E-state index in [0.717, 1.165) is 16.5 Å². The first-order valence-electron chi connectivity index (χ1n) is 8.15. The van der Waals surface area contributed by atoms with Gasteiger partial charge in [-0.2, -0.15) is 0 Å². The Morgan fingerprint density at radius 2 is 1.78 bits per heavy atom. The average molecular weight is 419 g/mol. The van der Waals surface area contributed by atoms with Crippen LogP contribution in [0.5, 0.6) is 5.75 Å². The van der Waals surface area contributed by atoms with Gasteiger partial charge in [0.05, 0.1) is 5.02 Å². The molecule has 0 aliphatic carbocycles. The molecule has 4 nitrogen and oxygen atoms in total. The number of halogens is 2. The largest absolute Gasteiger partial charge is 0.479 e. The van der Waals surface area contributed by atoms with Gasteiger partial charge >= 0.3 is 0 Å². The number of benzene rings is 3. The number of anilines is 1. The second kappa shape index (κ2) is 8.57. The topological polar surface area (TPSA) is 50.4 Å². The molecule has 27 heavy (non-hydrogen) atoms. The highest BCUT2D eigenvalue weighted by molar-refractivity contribution is 7.80. The van der Waals surface area contributed by atoms with Crippen molar-refractivity contribution in [3.63, 3.8) is 0 Å². The van der Waals surface area contributed by atoms with Crippen LogP contribution in [0, 0.1) is 0 Å². The predicted octanol–water partition coefficient (Wildman–Crippen LogP) is 5.43. The lowest BCUT2D eigenvalue weighted by Gasteiger charge is -2.16. The molecule has 138 valence electrons. The molecule has 3 aromatic rings. The van der Waals surface area contributed by atoms with E-state index in [1.165, 1.54) is 0 Å². The van der Waals surface area contributed by atoms with E-state index >= 15 is 0 Å². The van der Waals surface area contributed by atoms with E-state index in [0.29, 0.717) is 15.8 Å². The summed E-state index contributed by atoms with van der Waals surface area (Å²) in [6.07, 6.45) is -0.792. The van der Waals surface area contributed by atoms with Gasteiger partial charge in [0.25, 0.3) is 5.91 Å². The summed E-state index contributed by atoms with van der Waals surface area (Å²) in [6.45, 7) is 1.61. The molecule has 0 saturated carbocycles. The maximum atomic E-state index is 12.3. The molecule has 1 atom stereocenters. The number of carbonyl (C=O) groups excluding carboxylic acids is 1. The third kappa shape index (κ3) is 5.10. The van der Waals surface area contributed by atoms with Gasteiger partial charge in [-0.25, -0.2) is 0 Å². The molecule has 0 heterocycles. The quantitative estimate of drug-likeness (QED) is 0.554. The number of rotatable bonds is 4. The van der Waals surface area contributed by atoms with Crippen LogP contribution in [-0.4, -0.2) is 17.1 Å². The average Bonchev–Trinajstić information content (AvgIpc) is 2.63. The summed E-state index contributed by atoms with van der Waals surface area (Å²) < 4.78 is 5.58. The maximum Gasteiger partial charge on any atom is 0.266 e. The highest BCUT2D eigenvalue weighted by Crippen LogP contribution is 2.28. The molecule has 0 aromatic heterocycles. The fourth-order valence-corrected chi connectivity index (χ4v) is 3.13. The smallest absolute Gasteiger partial charge is 0.266 e. The van der Waals surface area contributed by atoms with Gasteiger partial charge in [0.1, 0.15) is 5.75 Å². The third-order valence-electron chi connectivity index (χ3n) is 3.81. The van der Waals surface area contributed by atoms with E-state index in [9.17, 15) is 4.79 Å². The third-order valence-corrected chi connectivity index (χ3v) is 4.55. The van der Waals surface area contributed by atoms with Gasteiger partial charge in [0.15, 0.2) is 11.2 Å². The molecule has 0 bridgehead atoms. The van der Waals surface area contributed by atoms with Gasteiger partial charge in [-0.1, -0.05) is 53.5 Å². The summed E-state index contributed by atoms with van der Waals surface area (Å²) >= 11 is 17.1. The lowest BCUT2D eigenvalue weighted by Crippen LogP contribution is -2.42. The lowest BCUT2D eigenvalue weighted by molar-refractivity contribution is -0.125. The molecule has 3 aromatic carbocycles. The second-order valence-electron chi connectivity index (χ2n) is 5.84. The van der Waals surface area contributed by atoms with Gasteiger partial charge in [-0.15, -0.1) is 0 Å². The Balaban J connectivity index is 1.59. The first-order valence-corrected chi connectivity index (χ1v) is 9.31. The van der Waals surface area contributed by atoms with Crippen LogP contribution >= 0.6 is 35.4 Å². The molecule has 0 spiro atoms. The molecule has 2 N–H and O–H groups in total. The molecule has 0 aliphatic rings. The van der Waals surface area contributed by atoms with E-state index in [2.05, 4.69) is 10.6 Å². The molecular weight excluding hydrogens is 403 g/mol. The highest BCUT2D eigenvalue weighted by atomic mass is 35.5. The number of nitrogens with one attached hydrogen (secondary N) is 2. The van der Waals surface area contributed by atoms with E-state index in [1.807, 2.05) is 42.5 Å². The van der Waals surface area contributed by atoms with Crippen LogP contribution in [0.1, 0.15) is 6.92 Å². The van der Waals surface area contributed by atoms with Gasteiger partial charge < -0.3 is 10.1 Å². The van der Waals surface area contributed by atoms with Crippen LogP contribution in [-0.2, 0) is 4.79 Å².